The number of rotatable bonds is 17. The van der Waals surface area contributed by atoms with Gasteiger partial charge in [-0.1, -0.05) is 49.2 Å². The van der Waals surface area contributed by atoms with Gasteiger partial charge in [0, 0.05) is 41.0 Å². The Hall–Kier alpha value is -3.11. The quantitative estimate of drug-likeness (QED) is 0.0936. The second-order valence-corrected chi connectivity index (χ2v) is 12.1. The number of hydrogen-bond donors (Lipinski definition) is 2. The third-order valence-electron chi connectivity index (χ3n) is 6.60. The molecule has 1 amide bonds. The summed E-state index contributed by atoms with van der Waals surface area (Å²) in [5.74, 6) is -0.469. The molecule has 3 rings (SSSR count). The first-order valence-electron chi connectivity index (χ1n) is 15.5. The standard InChI is InChI=1S/C20H24F2N2O2S.C9H10O.C7H17N/c21-16-10-15(11-17(22)13-16)12-20(24-14-25)19(23)6-7-26-8-9-27-18-4-2-1-3-5-18;1-7-3-8(2)5-9(4-7)6-10;1-4-6-8(3)7-5-2/h1-5,10-11,13-14,19-20H,6-9,12,23H2,(H,24,25);3-6H,1-2H3;4-7H2,1-3H3. The molecule has 0 aliphatic carbocycles. The zero-order chi connectivity index (χ0) is 33.5. The van der Waals surface area contributed by atoms with Crippen molar-refractivity contribution in [2.75, 3.05) is 39.1 Å². The van der Waals surface area contributed by atoms with Crippen LogP contribution in [0.1, 0.15) is 60.2 Å². The fourth-order valence-electron chi connectivity index (χ4n) is 4.62. The van der Waals surface area contributed by atoms with Crippen LogP contribution in [0.5, 0.6) is 0 Å². The largest absolute Gasteiger partial charge is 0.381 e. The van der Waals surface area contributed by atoms with Gasteiger partial charge in [0.15, 0.2) is 0 Å². The number of amides is 1. The molecule has 2 unspecified atom stereocenters. The van der Waals surface area contributed by atoms with Crippen molar-refractivity contribution in [2.24, 2.45) is 5.73 Å². The lowest BCUT2D eigenvalue weighted by molar-refractivity contribution is -0.110. The molecule has 3 aromatic carbocycles. The molecule has 0 aliphatic heterocycles. The van der Waals surface area contributed by atoms with Crippen molar-refractivity contribution in [3.05, 3.63) is 101 Å². The van der Waals surface area contributed by atoms with Gasteiger partial charge >= 0.3 is 0 Å². The predicted molar refractivity (Wildman–Crippen MR) is 183 cm³/mol. The van der Waals surface area contributed by atoms with Gasteiger partial charge in [-0.15, -0.1) is 11.8 Å². The molecule has 0 radical (unpaired) electrons. The molecule has 0 saturated carbocycles. The number of nitrogens with two attached hydrogens (primary N) is 1. The maximum absolute atomic E-state index is 13.3. The van der Waals surface area contributed by atoms with E-state index in [2.05, 4.69) is 31.1 Å². The van der Waals surface area contributed by atoms with E-state index < -0.39 is 17.7 Å². The second-order valence-electron chi connectivity index (χ2n) is 10.9. The molecule has 0 aliphatic rings. The van der Waals surface area contributed by atoms with Crippen LogP contribution in [0.4, 0.5) is 8.78 Å². The Morgan fingerprint density at radius 1 is 0.911 bits per heavy atom. The molecule has 0 aromatic heterocycles. The smallest absolute Gasteiger partial charge is 0.207 e. The minimum Gasteiger partial charge on any atom is -0.381 e. The molecule has 2 atom stereocenters. The van der Waals surface area contributed by atoms with Crippen molar-refractivity contribution in [1.29, 1.82) is 0 Å². The molecule has 0 saturated heterocycles. The number of nitrogens with one attached hydrogen (secondary N) is 1. The molecular weight excluding hydrogens is 592 g/mol. The van der Waals surface area contributed by atoms with Gasteiger partial charge in [-0.3, -0.25) is 9.59 Å². The zero-order valence-corrected chi connectivity index (χ0v) is 28.3. The lowest BCUT2D eigenvalue weighted by Gasteiger charge is -2.23. The van der Waals surface area contributed by atoms with Gasteiger partial charge < -0.3 is 20.7 Å². The normalized spacial score (nSPS) is 11.8. The predicted octanol–water partition coefficient (Wildman–Crippen LogP) is 7.00. The summed E-state index contributed by atoms with van der Waals surface area (Å²) in [6.07, 6.45) is 4.75. The topological polar surface area (TPSA) is 84.7 Å². The van der Waals surface area contributed by atoms with Crippen LogP contribution in [0.3, 0.4) is 0 Å². The third-order valence-corrected chi connectivity index (χ3v) is 7.58. The number of thioether (sulfide) groups is 1. The molecule has 0 heterocycles. The Bertz CT molecular complexity index is 1190. The summed E-state index contributed by atoms with van der Waals surface area (Å²) in [6, 6.07) is 18.3. The van der Waals surface area contributed by atoms with E-state index in [1.54, 1.807) is 11.8 Å². The fraction of sp³-hybridized carbons (Fsp3) is 0.444. The number of carbonyl (C=O) groups excluding carboxylic acids is 2. The van der Waals surface area contributed by atoms with E-state index in [0.29, 0.717) is 31.6 Å². The van der Waals surface area contributed by atoms with E-state index >= 15 is 0 Å². The Kier molecular flexibility index (Phi) is 21.4. The highest BCUT2D eigenvalue weighted by Gasteiger charge is 2.18. The number of aldehydes is 1. The van der Waals surface area contributed by atoms with Crippen molar-refractivity contribution in [1.82, 2.24) is 10.2 Å². The van der Waals surface area contributed by atoms with Crippen LogP contribution >= 0.6 is 11.8 Å². The van der Waals surface area contributed by atoms with Crippen LogP contribution in [0.2, 0.25) is 0 Å². The number of ether oxygens (including phenoxy) is 1. The first-order valence-corrected chi connectivity index (χ1v) is 16.5. The molecule has 0 spiro atoms. The van der Waals surface area contributed by atoms with E-state index in [0.717, 1.165) is 34.8 Å². The van der Waals surface area contributed by atoms with Crippen molar-refractivity contribution in [2.45, 2.75) is 70.4 Å². The fourth-order valence-corrected chi connectivity index (χ4v) is 5.40. The summed E-state index contributed by atoms with van der Waals surface area (Å²) in [4.78, 5) is 24.7. The highest BCUT2D eigenvalue weighted by molar-refractivity contribution is 7.99. The lowest BCUT2D eigenvalue weighted by Crippen LogP contribution is -2.46. The maximum Gasteiger partial charge on any atom is 0.207 e. The van der Waals surface area contributed by atoms with E-state index in [1.165, 1.54) is 43.0 Å². The van der Waals surface area contributed by atoms with Gasteiger partial charge in [0.25, 0.3) is 0 Å². The molecule has 45 heavy (non-hydrogen) atoms. The molecule has 3 N–H and O–H groups in total. The third kappa shape index (κ3) is 19.1. The van der Waals surface area contributed by atoms with E-state index in [1.807, 2.05) is 62.4 Å². The average molecular weight is 644 g/mol. The molecule has 9 heteroatoms. The van der Waals surface area contributed by atoms with E-state index in [9.17, 15) is 18.4 Å². The number of carbonyl (C=O) groups is 2. The second kappa shape index (κ2) is 24.2. The zero-order valence-electron chi connectivity index (χ0n) is 27.4. The Balaban J connectivity index is 0.000000457. The van der Waals surface area contributed by atoms with E-state index in [4.69, 9.17) is 10.5 Å². The Labute approximate surface area is 273 Å². The molecule has 248 valence electrons. The van der Waals surface area contributed by atoms with Crippen molar-refractivity contribution in [3.8, 4) is 0 Å². The SMILES string of the molecule is CCCN(C)CCC.Cc1cc(C)cc(C=O)c1.NC(CCOCCSc1ccccc1)C(Cc1cc(F)cc(F)c1)NC=O. The number of halogens is 2. The summed E-state index contributed by atoms with van der Waals surface area (Å²) >= 11 is 1.71. The molecular formula is C36H51F2N3O3S. The highest BCUT2D eigenvalue weighted by Crippen LogP contribution is 2.16. The van der Waals surface area contributed by atoms with Crippen LogP contribution in [0.15, 0.2) is 71.6 Å². The number of hydrogen-bond acceptors (Lipinski definition) is 6. The Morgan fingerprint density at radius 3 is 2.04 bits per heavy atom. The Morgan fingerprint density at radius 2 is 1.51 bits per heavy atom. The molecule has 0 bridgehead atoms. The maximum atomic E-state index is 13.3. The summed E-state index contributed by atoms with van der Waals surface area (Å²) in [5, 5.41) is 2.63. The minimum absolute atomic E-state index is 0.248. The van der Waals surface area contributed by atoms with Gasteiger partial charge in [-0.25, -0.2) is 8.78 Å². The summed E-state index contributed by atoms with van der Waals surface area (Å²) in [6.45, 7) is 11.9. The minimum atomic E-state index is -0.650. The van der Waals surface area contributed by atoms with Gasteiger partial charge in [0.05, 0.1) is 6.61 Å². The molecule has 6 nitrogen and oxygen atoms in total. The van der Waals surface area contributed by atoms with Crippen LogP contribution in [-0.4, -0.2) is 68.8 Å². The first kappa shape index (κ1) is 39.9. The molecule has 0 fully saturated rings. The summed E-state index contributed by atoms with van der Waals surface area (Å²) < 4.78 is 32.3. The van der Waals surface area contributed by atoms with Crippen LogP contribution in [0, 0.1) is 25.5 Å². The van der Waals surface area contributed by atoms with Crippen LogP contribution < -0.4 is 11.1 Å². The summed E-state index contributed by atoms with van der Waals surface area (Å²) in [5.41, 5.74) is 9.63. The monoisotopic (exact) mass is 643 g/mol. The highest BCUT2D eigenvalue weighted by atomic mass is 32.2. The molecule has 3 aromatic rings. The number of aryl methyl sites for hydroxylation is 2. The van der Waals surface area contributed by atoms with Gasteiger partial charge in [0.1, 0.15) is 17.9 Å². The van der Waals surface area contributed by atoms with Crippen molar-refractivity contribution < 1.29 is 23.1 Å². The van der Waals surface area contributed by atoms with Crippen molar-refractivity contribution >= 4 is 24.5 Å². The summed E-state index contributed by atoms with van der Waals surface area (Å²) in [7, 11) is 2.17. The van der Waals surface area contributed by atoms with Gasteiger partial charge in [0.2, 0.25) is 6.41 Å². The van der Waals surface area contributed by atoms with Gasteiger partial charge in [-0.2, -0.15) is 0 Å². The first-order chi connectivity index (χ1) is 21.6. The lowest BCUT2D eigenvalue weighted by atomic mass is 9.98. The number of nitrogens with zero attached hydrogens (tertiary/aromatic N) is 1. The number of benzene rings is 3. The van der Waals surface area contributed by atoms with Crippen LogP contribution in [-0.2, 0) is 16.0 Å². The van der Waals surface area contributed by atoms with Crippen molar-refractivity contribution in [3.63, 3.8) is 0 Å². The van der Waals surface area contributed by atoms with Crippen LogP contribution in [0.25, 0.3) is 0 Å². The van der Waals surface area contributed by atoms with Gasteiger partial charge in [-0.05, 0) is 102 Å². The van der Waals surface area contributed by atoms with E-state index in [-0.39, 0.29) is 12.5 Å². The average Bonchev–Trinajstić information content (AvgIpc) is 2.99.